The average molecular weight is 443 g/mol. The van der Waals surface area contributed by atoms with Crippen molar-refractivity contribution in [1.82, 2.24) is 9.88 Å². The van der Waals surface area contributed by atoms with Gasteiger partial charge in [-0.3, -0.25) is 9.78 Å². The summed E-state index contributed by atoms with van der Waals surface area (Å²) in [5.74, 6) is 0.493. The fraction of sp³-hybridized carbons (Fsp3) is 0.393. The van der Waals surface area contributed by atoms with Crippen LogP contribution in [0.4, 0.5) is 4.79 Å². The third-order valence-electron chi connectivity index (χ3n) is 7.50. The minimum Gasteiger partial charge on any atom is -0.447 e. The molecule has 1 aromatic heterocycles. The molecule has 33 heavy (non-hydrogen) atoms. The van der Waals surface area contributed by atoms with E-state index in [1.165, 1.54) is 15.8 Å². The van der Waals surface area contributed by atoms with E-state index in [1.807, 2.05) is 49.5 Å². The molecule has 0 spiro atoms. The van der Waals surface area contributed by atoms with E-state index < -0.39 is 6.09 Å². The van der Waals surface area contributed by atoms with E-state index in [0.717, 1.165) is 36.8 Å². The van der Waals surface area contributed by atoms with Crippen LogP contribution in [0.1, 0.15) is 49.7 Å². The third kappa shape index (κ3) is 4.37. The van der Waals surface area contributed by atoms with Crippen LogP contribution in [0, 0.1) is 11.8 Å². The standard InChI is InChI=1S/C28H30N2O3/c1-19(27(31)30-23(18-33-28(30)32)17-20-7-3-2-4-8-20)21-11-13-22(14-12-21)24-15-16-29-26-10-6-5-9-25(24)26/h2-10,15-16,19,21-23H,11-14,17-18H2,1H3/t19-,21?,22?,23?/m1/s1. The van der Waals surface area contributed by atoms with Gasteiger partial charge in [0.2, 0.25) is 5.91 Å². The number of imide groups is 1. The molecule has 2 fully saturated rings. The molecule has 1 aliphatic carbocycles. The van der Waals surface area contributed by atoms with Gasteiger partial charge in [-0.2, -0.15) is 0 Å². The summed E-state index contributed by atoms with van der Waals surface area (Å²) in [5, 5.41) is 1.23. The first-order chi connectivity index (χ1) is 16.1. The van der Waals surface area contributed by atoms with E-state index in [1.54, 1.807) is 0 Å². The van der Waals surface area contributed by atoms with Crippen molar-refractivity contribution in [3.63, 3.8) is 0 Å². The number of aromatic nitrogens is 1. The molecule has 0 N–H and O–H groups in total. The molecule has 5 heteroatoms. The Labute approximate surface area is 194 Å². The Morgan fingerprint density at radius 2 is 1.76 bits per heavy atom. The van der Waals surface area contributed by atoms with Crippen LogP contribution < -0.4 is 0 Å². The van der Waals surface area contributed by atoms with E-state index in [2.05, 4.69) is 29.2 Å². The van der Waals surface area contributed by atoms with Crippen molar-refractivity contribution in [2.24, 2.45) is 11.8 Å². The lowest BCUT2D eigenvalue weighted by molar-refractivity contribution is -0.135. The van der Waals surface area contributed by atoms with Gasteiger partial charge < -0.3 is 4.74 Å². The zero-order valence-corrected chi connectivity index (χ0v) is 19.0. The van der Waals surface area contributed by atoms with Crippen LogP contribution in [0.25, 0.3) is 10.9 Å². The number of rotatable bonds is 5. The second kappa shape index (κ2) is 9.34. The summed E-state index contributed by atoms with van der Waals surface area (Å²) in [6.45, 7) is 2.26. The largest absolute Gasteiger partial charge is 0.447 e. The molecule has 1 saturated carbocycles. The van der Waals surface area contributed by atoms with Gasteiger partial charge in [-0.1, -0.05) is 55.5 Å². The van der Waals surface area contributed by atoms with Crippen molar-refractivity contribution in [2.45, 2.75) is 51.0 Å². The highest BCUT2D eigenvalue weighted by Gasteiger charge is 2.42. The number of nitrogens with zero attached hydrogens (tertiary/aromatic N) is 2. The minimum absolute atomic E-state index is 0.0868. The number of amides is 2. The van der Waals surface area contributed by atoms with Crippen molar-refractivity contribution in [3.8, 4) is 0 Å². The van der Waals surface area contributed by atoms with Crippen LogP contribution in [0.2, 0.25) is 0 Å². The monoisotopic (exact) mass is 442 g/mol. The molecule has 1 unspecified atom stereocenters. The molecule has 5 nitrogen and oxygen atoms in total. The van der Waals surface area contributed by atoms with Gasteiger partial charge in [0.05, 0.1) is 11.6 Å². The number of hydrogen-bond donors (Lipinski definition) is 0. The second-order valence-electron chi connectivity index (χ2n) is 9.45. The molecule has 170 valence electrons. The molecule has 2 amide bonds. The van der Waals surface area contributed by atoms with Gasteiger partial charge in [0.1, 0.15) is 6.61 Å². The number of fused-ring (bicyclic) bond motifs is 1. The molecule has 3 aromatic rings. The molecule has 0 bridgehead atoms. The second-order valence-corrected chi connectivity index (χ2v) is 9.45. The van der Waals surface area contributed by atoms with E-state index in [-0.39, 0.29) is 30.4 Å². The van der Waals surface area contributed by atoms with Gasteiger partial charge in [-0.15, -0.1) is 0 Å². The number of cyclic esters (lactones) is 1. The Bertz CT molecular complexity index is 1130. The highest BCUT2D eigenvalue weighted by molar-refractivity contribution is 5.94. The van der Waals surface area contributed by atoms with Crippen LogP contribution in [-0.2, 0) is 16.0 Å². The number of para-hydroxylation sites is 1. The van der Waals surface area contributed by atoms with E-state index >= 15 is 0 Å². The highest BCUT2D eigenvalue weighted by Crippen LogP contribution is 2.41. The fourth-order valence-corrected chi connectivity index (χ4v) is 5.59. The summed E-state index contributed by atoms with van der Waals surface area (Å²) in [5.41, 5.74) is 3.51. The zero-order chi connectivity index (χ0) is 22.8. The van der Waals surface area contributed by atoms with Crippen molar-refractivity contribution in [2.75, 3.05) is 6.61 Å². The van der Waals surface area contributed by atoms with E-state index in [4.69, 9.17) is 4.74 Å². The van der Waals surface area contributed by atoms with Gasteiger partial charge in [-0.25, -0.2) is 9.69 Å². The predicted octanol–water partition coefficient (Wildman–Crippen LogP) is 5.73. The molecule has 1 saturated heterocycles. The van der Waals surface area contributed by atoms with E-state index in [0.29, 0.717) is 12.3 Å². The Hall–Kier alpha value is -3.21. The molecular formula is C28H30N2O3. The first-order valence-electron chi connectivity index (χ1n) is 12.0. The highest BCUT2D eigenvalue weighted by atomic mass is 16.6. The zero-order valence-electron chi connectivity index (χ0n) is 19.0. The quantitative estimate of drug-likeness (QED) is 0.506. The number of carbonyl (C=O) groups is 2. The molecule has 2 aliphatic rings. The van der Waals surface area contributed by atoms with Crippen LogP contribution in [0.5, 0.6) is 0 Å². The topological polar surface area (TPSA) is 59.5 Å². The number of pyridine rings is 1. The summed E-state index contributed by atoms with van der Waals surface area (Å²) in [4.78, 5) is 31.7. The number of ether oxygens (including phenoxy) is 1. The van der Waals surface area contributed by atoms with Crippen LogP contribution >= 0.6 is 0 Å². The molecule has 2 atom stereocenters. The summed E-state index contributed by atoms with van der Waals surface area (Å²) < 4.78 is 5.28. The fourth-order valence-electron chi connectivity index (χ4n) is 5.59. The lowest BCUT2D eigenvalue weighted by Gasteiger charge is -2.34. The number of hydrogen-bond acceptors (Lipinski definition) is 4. The lowest BCUT2D eigenvalue weighted by Crippen LogP contribution is -2.45. The van der Waals surface area contributed by atoms with Gasteiger partial charge in [-0.05, 0) is 67.2 Å². The van der Waals surface area contributed by atoms with Crippen molar-refractivity contribution in [3.05, 3.63) is 78.0 Å². The SMILES string of the molecule is C[C@@H](C(=O)N1C(=O)OCC1Cc1ccccc1)C1CCC(c2ccnc3ccccc23)CC1. The molecule has 2 heterocycles. The summed E-state index contributed by atoms with van der Waals surface area (Å²) >= 11 is 0. The Kier molecular flexibility index (Phi) is 6.12. The maximum absolute atomic E-state index is 13.4. The van der Waals surface area contributed by atoms with Crippen molar-refractivity contribution >= 4 is 22.9 Å². The average Bonchev–Trinajstić information content (AvgIpc) is 3.23. The predicted molar refractivity (Wildman–Crippen MR) is 128 cm³/mol. The maximum atomic E-state index is 13.4. The van der Waals surface area contributed by atoms with Gasteiger partial charge in [0.25, 0.3) is 0 Å². The number of carbonyl (C=O) groups excluding carboxylic acids is 2. The normalized spacial score (nSPS) is 24.0. The van der Waals surface area contributed by atoms with Gasteiger partial charge in [0.15, 0.2) is 0 Å². The van der Waals surface area contributed by atoms with E-state index in [9.17, 15) is 9.59 Å². The molecule has 1 aliphatic heterocycles. The lowest BCUT2D eigenvalue weighted by atomic mass is 9.73. The molecule has 0 radical (unpaired) electrons. The summed E-state index contributed by atoms with van der Waals surface area (Å²) in [6.07, 6.45) is 6.11. The maximum Gasteiger partial charge on any atom is 0.416 e. The van der Waals surface area contributed by atoms with Gasteiger partial charge >= 0.3 is 6.09 Å². The first kappa shape index (κ1) is 21.6. The first-order valence-corrected chi connectivity index (χ1v) is 12.0. The van der Waals surface area contributed by atoms with Crippen molar-refractivity contribution < 1.29 is 14.3 Å². The molecule has 5 rings (SSSR count). The number of benzene rings is 2. The summed E-state index contributed by atoms with van der Waals surface area (Å²) in [7, 11) is 0. The summed E-state index contributed by atoms with van der Waals surface area (Å²) in [6, 6.07) is 20.2. The minimum atomic E-state index is -0.496. The Morgan fingerprint density at radius 1 is 1.03 bits per heavy atom. The molecule has 2 aromatic carbocycles. The van der Waals surface area contributed by atoms with Crippen molar-refractivity contribution in [1.29, 1.82) is 0 Å². The van der Waals surface area contributed by atoms with Crippen LogP contribution in [0.3, 0.4) is 0 Å². The Balaban J connectivity index is 1.25. The van der Waals surface area contributed by atoms with Crippen LogP contribution in [-0.4, -0.2) is 34.5 Å². The van der Waals surface area contributed by atoms with Crippen LogP contribution in [0.15, 0.2) is 66.9 Å². The third-order valence-corrected chi connectivity index (χ3v) is 7.50. The molecular weight excluding hydrogens is 412 g/mol. The van der Waals surface area contributed by atoms with Gasteiger partial charge in [0, 0.05) is 17.5 Å². The Morgan fingerprint density at radius 3 is 2.55 bits per heavy atom. The smallest absolute Gasteiger partial charge is 0.416 e.